The Morgan fingerprint density at radius 1 is 1.14 bits per heavy atom. The highest BCUT2D eigenvalue weighted by atomic mass is 19.4. The quantitative estimate of drug-likeness (QED) is 0.913. The number of alkyl halides is 3. The normalized spacial score (nSPS) is 11.2. The van der Waals surface area contributed by atoms with E-state index in [4.69, 9.17) is 10.5 Å². The van der Waals surface area contributed by atoms with Crippen LogP contribution >= 0.6 is 0 Å². The maximum Gasteiger partial charge on any atom is 0.416 e. The Morgan fingerprint density at radius 3 is 2.43 bits per heavy atom. The van der Waals surface area contributed by atoms with Crippen molar-refractivity contribution in [3.8, 4) is 17.2 Å². The number of carbonyl (C=O) groups is 1. The van der Waals surface area contributed by atoms with Crippen molar-refractivity contribution < 1.29 is 27.8 Å². The first-order valence-electron chi connectivity index (χ1n) is 5.75. The van der Waals surface area contributed by atoms with Crippen LogP contribution in [0.25, 0.3) is 0 Å². The number of hydrogen-bond donors (Lipinski definition) is 2. The first-order chi connectivity index (χ1) is 9.77. The lowest BCUT2D eigenvalue weighted by molar-refractivity contribution is -0.137. The monoisotopic (exact) mass is 297 g/mol. The highest BCUT2D eigenvalue weighted by Gasteiger charge is 2.31. The minimum Gasteiger partial charge on any atom is -0.508 e. The number of ether oxygens (including phenoxy) is 1. The molecule has 0 radical (unpaired) electrons. The summed E-state index contributed by atoms with van der Waals surface area (Å²) in [5, 5.41) is 9.30. The molecule has 7 heteroatoms. The molecule has 2 aromatic rings. The van der Waals surface area contributed by atoms with Crippen LogP contribution in [0, 0.1) is 0 Å². The van der Waals surface area contributed by atoms with E-state index in [1.54, 1.807) is 0 Å². The molecule has 0 aliphatic rings. The molecule has 0 atom stereocenters. The number of primary amides is 1. The summed E-state index contributed by atoms with van der Waals surface area (Å²) in [6.45, 7) is 0. The van der Waals surface area contributed by atoms with Crippen molar-refractivity contribution in [1.82, 2.24) is 0 Å². The third-order valence-electron chi connectivity index (χ3n) is 2.62. The van der Waals surface area contributed by atoms with Gasteiger partial charge in [-0.1, -0.05) is 6.07 Å². The first kappa shape index (κ1) is 14.7. The molecule has 0 heterocycles. The second kappa shape index (κ2) is 5.35. The molecular weight excluding hydrogens is 287 g/mol. The van der Waals surface area contributed by atoms with E-state index in [0.29, 0.717) is 6.07 Å². The molecule has 2 aromatic carbocycles. The van der Waals surface area contributed by atoms with E-state index < -0.39 is 23.2 Å². The Kier molecular flexibility index (Phi) is 3.75. The van der Waals surface area contributed by atoms with Crippen molar-refractivity contribution in [3.05, 3.63) is 53.6 Å². The fourth-order valence-electron chi connectivity index (χ4n) is 1.66. The minimum atomic E-state index is -4.59. The number of amides is 1. The second-order valence-corrected chi connectivity index (χ2v) is 4.17. The number of aromatic hydroxyl groups is 1. The van der Waals surface area contributed by atoms with Gasteiger partial charge >= 0.3 is 6.18 Å². The minimum absolute atomic E-state index is 0.0833. The van der Waals surface area contributed by atoms with Crippen LogP contribution in [0.4, 0.5) is 13.2 Å². The smallest absolute Gasteiger partial charge is 0.416 e. The van der Waals surface area contributed by atoms with Crippen molar-refractivity contribution in [2.75, 3.05) is 0 Å². The Morgan fingerprint density at radius 2 is 1.86 bits per heavy atom. The van der Waals surface area contributed by atoms with Crippen LogP contribution in [0.5, 0.6) is 17.2 Å². The summed E-state index contributed by atoms with van der Waals surface area (Å²) in [7, 11) is 0. The van der Waals surface area contributed by atoms with Gasteiger partial charge in [-0.25, -0.2) is 0 Å². The SMILES string of the molecule is NC(=O)c1cc(C(F)(F)F)ccc1Oc1cccc(O)c1. The number of benzene rings is 2. The van der Waals surface area contributed by atoms with Crippen molar-refractivity contribution in [2.45, 2.75) is 6.18 Å². The van der Waals surface area contributed by atoms with E-state index in [9.17, 15) is 23.1 Å². The van der Waals surface area contributed by atoms with Crippen molar-refractivity contribution in [1.29, 1.82) is 0 Å². The van der Waals surface area contributed by atoms with Crippen molar-refractivity contribution in [3.63, 3.8) is 0 Å². The summed E-state index contributed by atoms with van der Waals surface area (Å²) >= 11 is 0. The van der Waals surface area contributed by atoms with Crippen LogP contribution < -0.4 is 10.5 Å². The number of halogens is 3. The molecule has 0 spiro atoms. The zero-order valence-electron chi connectivity index (χ0n) is 10.5. The van der Waals surface area contributed by atoms with Gasteiger partial charge in [-0.2, -0.15) is 13.2 Å². The van der Waals surface area contributed by atoms with Gasteiger partial charge < -0.3 is 15.6 Å². The zero-order chi connectivity index (χ0) is 15.6. The van der Waals surface area contributed by atoms with E-state index in [1.165, 1.54) is 24.3 Å². The molecule has 110 valence electrons. The van der Waals surface area contributed by atoms with Crippen LogP contribution in [0.2, 0.25) is 0 Å². The molecule has 0 aliphatic heterocycles. The summed E-state index contributed by atoms with van der Waals surface area (Å²) < 4.78 is 43.1. The van der Waals surface area contributed by atoms with Gasteiger partial charge in [0.2, 0.25) is 0 Å². The average molecular weight is 297 g/mol. The molecule has 0 bridgehead atoms. The molecule has 0 saturated carbocycles. The van der Waals surface area contributed by atoms with E-state index in [2.05, 4.69) is 0 Å². The standard InChI is InChI=1S/C14H10F3NO3/c15-14(16,17)8-4-5-12(11(6-8)13(18)20)21-10-3-1-2-9(19)7-10/h1-7,19H,(H2,18,20). The van der Waals surface area contributed by atoms with Crippen molar-refractivity contribution in [2.24, 2.45) is 5.73 Å². The number of carbonyl (C=O) groups excluding carboxylic acids is 1. The summed E-state index contributed by atoms with van der Waals surface area (Å²) in [4.78, 5) is 11.3. The largest absolute Gasteiger partial charge is 0.508 e. The third kappa shape index (κ3) is 3.44. The molecule has 0 aliphatic carbocycles. The lowest BCUT2D eigenvalue weighted by Crippen LogP contribution is -2.14. The number of hydrogen-bond acceptors (Lipinski definition) is 3. The van der Waals surface area contributed by atoms with Crippen LogP contribution in [0.1, 0.15) is 15.9 Å². The van der Waals surface area contributed by atoms with Gasteiger partial charge in [0.15, 0.2) is 0 Å². The Hall–Kier alpha value is -2.70. The fourth-order valence-corrected chi connectivity index (χ4v) is 1.66. The topological polar surface area (TPSA) is 72.6 Å². The second-order valence-electron chi connectivity index (χ2n) is 4.17. The Balaban J connectivity index is 2.42. The van der Waals surface area contributed by atoms with Crippen LogP contribution in [0.3, 0.4) is 0 Å². The molecule has 0 fully saturated rings. The van der Waals surface area contributed by atoms with Crippen LogP contribution in [-0.2, 0) is 6.18 Å². The predicted octanol–water partition coefficient (Wildman–Crippen LogP) is 3.30. The van der Waals surface area contributed by atoms with E-state index in [0.717, 1.165) is 12.1 Å². The highest BCUT2D eigenvalue weighted by molar-refractivity contribution is 5.96. The molecular formula is C14H10F3NO3. The molecule has 0 aromatic heterocycles. The van der Waals surface area contributed by atoms with E-state index in [-0.39, 0.29) is 17.2 Å². The fraction of sp³-hybridized carbons (Fsp3) is 0.0714. The molecule has 0 saturated heterocycles. The van der Waals surface area contributed by atoms with Gasteiger partial charge in [0.25, 0.3) is 5.91 Å². The Bertz CT molecular complexity index is 683. The highest BCUT2D eigenvalue weighted by Crippen LogP contribution is 2.34. The summed E-state index contributed by atoms with van der Waals surface area (Å²) in [5.41, 5.74) is 3.68. The van der Waals surface area contributed by atoms with Gasteiger partial charge in [-0.05, 0) is 30.3 Å². The third-order valence-corrected chi connectivity index (χ3v) is 2.62. The molecule has 21 heavy (non-hydrogen) atoms. The molecule has 1 amide bonds. The van der Waals surface area contributed by atoms with Gasteiger partial charge in [0.05, 0.1) is 11.1 Å². The summed E-state index contributed by atoms with van der Waals surface area (Å²) in [6, 6.07) is 8.02. The van der Waals surface area contributed by atoms with Crippen molar-refractivity contribution >= 4 is 5.91 Å². The lowest BCUT2D eigenvalue weighted by atomic mass is 10.1. The van der Waals surface area contributed by atoms with Crippen LogP contribution in [0.15, 0.2) is 42.5 Å². The predicted molar refractivity (Wildman–Crippen MR) is 68.1 cm³/mol. The van der Waals surface area contributed by atoms with Gasteiger partial charge in [0, 0.05) is 6.07 Å². The summed E-state index contributed by atoms with van der Waals surface area (Å²) in [5.74, 6) is -1.09. The Labute approximate surface area is 117 Å². The maximum atomic E-state index is 12.6. The summed E-state index contributed by atoms with van der Waals surface area (Å²) in [6.07, 6.45) is -4.59. The molecule has 2 rings (SSSR count). The van der Waals surface area contributed by atoms with Gasteiger partial charge in [0.1, 0.15) is 17.2 Å². The zero-order valence-corrected chi connectivity index (χ0v) is 10.5. The lowest BCUT2D eigenvalue weighted by Gasteiger charge is -2.12. The van der Waals surface area contributed by atoms with E-state index in [1.807, 2.05) is 0 Å². The number of phenolic OH excluding ortho intramolecular Hbond substituents is 1. The van der Waals surface area contributed by atoms with E-state index >= 15 is 0 Å². The molecule has 0 unspecified atom stereocenters. The number of nitrogens with two attached hydrogens (primary N) is 1. The molecule has 4 nitrogen and oxygen atoms in total. The maximum absolute atomic E-state index is 12.6. The van der Waals surface area contributed by atoms with Gasteiger partial charge in [-0.15, -0.1) is 0 Å². The first-order valence-corrected chi connectivity index (χ1v) is 5.75. The van der Waals surface area contributed by atoms with Crippen LogP contribution in [-0.4, -0.2) is 11.0 Å². The molecule has 3 N–H and O–H groups in total. The average Bonchev–Trinajstić information content (AvgIpc) is 2.37. The van der Waals surface area contributed by atoms with Gasteiger partial charge in [-0.3, -0.25) is 4.79 Å². The number of phenols is 1. The number of rotatable bonds is 3.